The van der Waals surface area contributed by atoms with E-state index < -0.39 is 0 Å². The lowest BCUT2D eigenvalue weighted by Gasteiger charge is -2.16. The second-order valence-electron chi connectivity index (χ2n) is 2.76. The van der Waals surface area contributed by atoms with Crippen molar-refractivity contribution in [2.45, 2.75) is 20.1 Å². The zero-order valence-corrected chi connectivity index (χ0v) is 9.00. The van der Waals surface area contributed by atoms with Gasteiger partial charge in [-0.05, 0) is 22.9 Å². The van der Waals surface area contributed by atoms with Crippen LogP contribution in [0.3, 0.4) is 0 Å². The average molecular weight is 247 g/mol. The van der Waals surface area contributed by atoms with Crippen LogP contribution >= 0.6 is 15.9 Å². The van der Waals surface area contributed by atoms with Gasteiger partial charge >= 0.3 is 0 Å². The molecule has 0 aromatic carbocycles. The van der Waals surface area contributed by atoms with Crippen LogP contribution < -0.4 is 4.74 Å². The molecular weight excluding hydrogens is 236 g/mol. The van der Waals surface area contributed by atoms with Crippen LogP contribution in [-0.2, 0) is 17.9 Å². The lowest BCUT2D eigenvalue weighted by molar-refractivity contribution is 0.0778. The zero-order chi connectivity index (χ0) is 9.26. The maximum Gasteiger partial charge on any atom is 0.229 e. The van der Waals surface area contributed by atoms with Crippen LogP contribution in [0.1, 0.15) is 12.7 Å². The Hall–Kier alpha value is -0.550. The molecule has 0 bridgehead atoms. The van der Waals surface area contributed by atoms with Crippen LogP contribution in [0.2, 0.25) is 0 Å². The first kappa shape index (κ1) is 9.02. The highest BCUT2D eigenvalue weighted by atomic mass is 79.9. The number of hydrogen-bond donors (Lipinski definition) is 0. The van der Waals surface area contributed by atoms with Gasteiger partial charge in [0.25, 0.3) is 0 Å². The van der Waals surface area contributed by atoms with Crippen molar-refractivity contribution < 1.29 is 9.47 Å². The van der Waals surface area contributed by atoms with E-state index in [1.165, 1.54) is 0 Å². The molecular formula is C8H11BrN2O2. The molecule has 0 spiro atoms. The third-order valence-corrected chi connectivity index (χ3v) is 2.45. The minimum atomic E-state index is 0.575. The summed E-state index contributed by atoms with van der Waals surface area (Å²) in [5, 5.41) is 0. The summed E-state index contributed by atoms with van der Waals surface area (Å²) in [5.41, 5.74) is 0. The Kier molecular flexibility index (Phi) is 2.55. The standard InChI is InChI=1S/C8H11BrN2O2/c1-2-13-8-7(9)10-6-5-12-4-3-11(6)8/h2-5H2,1H3. The van der Waals surface area contributed by atoms with Crippen LogP contribution in [0.15, 0.2) is 4.60 Å². The number of nitrogens with zero attached hydrogens (tertiary/aromatic N) is 2. The van der Waals surface area contributed by atoms with Crippen molar-refractivity contribution in [2.75, 3.05) is 13.2 Å². The Morgan fingerprint density at radius 3 is 3.31 bits per heavy atom. The summed E-state index contributed by atoms with van der Waals surface area (Å²) >= 11 is 3.37. The Morgan fingerprint density at radius 2 is 2.54 bits per heavy atom. The normalized spacial score (nSPS) is 15.5. The first-order chi connectivity index (χ1) is 6.33. The van der Waals surface area contributed by atoms with Gasteiger partial charge in [0.15, 0.2) is 4.60 Å². The molecule has 5 heteroatoms. The zero-order valence-electron chi connectivity index (χ0n) is 7.42. The number of rotatable bonds is 2. The molecule has 0 amide bonds. The van der Waals surface area contributed by atoms with E-state index >= 15 is 0 Å². The summed E-state index contributed by atoms with van der Waals surface area (Å²) in [6.07, 6.45) is 0. The Bertz CT molecular complexity index is 311. The molecule has 0 saturated carbocycles. The smallest absolute Gasteiger partial charge is 0.229 e. The van der Waals surface area contributed by atoms with Crippen LogP contribution in [0.5, 0.6) is 5.88 Å². The summed E-state index contributed by atoms with van der Waals surface area (Å²) in [5.74, 6) is 1.75. The van der Waals surface area contributed by atoms with Gasteiger partial charge in [0.2, 0.25) is 5.88 Å². The maximum absolute atomic E-state index is 5.47. The molecule has 0 N–H and O–H groups in total. The fraction of sp³-hybridized carbons (Fsp3) is 0.625. The van der Waals surface area contributed by atoms with Gasteiger partial charge in [0.05, 0.1) is 19.8 Å². The Balaban J connectivity index is 2.36. The number of hydrogen-bond acceptors (Lipinski definition) is 3. The van der Waals surface area contributed by atoms with Crippen LogP contribution in [-0.4, -0.2) is 22.8 Å². The van der Waals surface area contributed by atoms with Crippen molar-refractivity contribution in [1.29, 1.82) is 0 Å². The summed E-state index contributed by atoms with van der Waals surface area (Å²) in [6, 6.07) is 0. The summed E-state index contributed by atoms with van der Waals surface area (Å²) in [6.45, 7) is 4.75. The molecule has 2 heterocycles. The SMILES string of the molecule is CCOc1c(Br)nc2n1CCOC2. The van der Waals surface area contributed by atoms with Gasteiger partial charge in [-0.15, -0.1) is 0 Å². The van der Waals surface area contributed by atoms with Crippen molar-refractivity contribution in [1.82, 2.24) is 9.55 Å². The molecule has 0 unspecified atom stereocenters. The van der Waals surface area contributed by atoms with Crippen LogP contribution in [0.25, 0.3) is 0 Å². The molecule has 13 heavy (non-hydrogen) atoms. The number of ether oxygens (including phenoxy) is 2. The monoisotopic (exact) mass is 246 g/mol. The third kappa shape index (κ3) is 1.58. The highest BCUT2D eigenvalue weighted by Gasteiger charge is 2.19. The van der Waals surface area contributed by atoms with E-state index in [-0.39, 0.29) is 0 Å². The quantitative estimate of drug-likeness (QED) is 0.795. The van der Waals surface area contributed by atoms with E-state index in [1.54, 1.807) is 0 Å². The van der Waals surface area contributed by atoms with Gasteiger partial charge < -0.3 is 9.47 Å². The van der Waals surface area contributed by atoms with Crippen molar-refractivity contribution >= 4 is 15.9 Å². The van der Waals surface area contributed by atoms with E-state index in [0.29, 0.717) is 13.2 Å². The molecule has 0 atom stereocenters. The first-order valence-electron chi connectivity index (χ1n) is 4.28. The van der Waals surface area contributed by atoms with Gasteiger partial charge in [0.1, 0.15) is 12.4 Å². The minimum Gasteiger partial charge on any atom is -0.477 e. The molecule has 2 rings (SSSR count). The lowest BCUT2D eigenvalue weighted by atomic mass is 10.5. The Labute approximate surface area is 85.0 Å². The number of imidazole rings is 1. The molecule has 72 valence electrons. The van der Waals surface area contributed by atoms with E-state index in [0.717, 1.165) is 29.5 Å². The van der Waals surface area contributed by atoms with Gasteiger partial charge in [-0.25, -0.2) is 4.98 Å². The highest BCUT2D eigenvalue weighted by Crippen LogP contribution is 2.27. The Morgan fingerprint density at radius 1 is 1.69 bits per heavy atom. The molecule has 1 aliphatic heterocycles. The lowest BCUT2D eigenvalue weighted by Crippen LogP contribution is -2.17. The fourth-order valence-corrected chi connectivity index (χ4v) is 1.92. The minimum absolute atomic E-state index is 0.575. The topological polar surface area (TPSA) is 36.3 Å². The summed E-state index contributed by atoms with van der Waals surface area (Å²) < 4.78 is 13.6. The average Bonchev–Trinajstić information content (AvgIpc) is 2.44. The van der Waals surface area contributed by atoms with Crippen molar-refractivity contribution in [3.05, 3.63) is 10.4 Å². The van der Waals surface area contributed by atoms with Gasteiger partial charge in [0, 0.05) is 0 Å². The fourth-order valence-electron chi connectivity index (χ4n) is 1.38. The van der Waals surface area contributed by atoms with E-state index in [9.17, 15) is 0 Å². The molecule has 1 aromatic rings. The number of halogens is 1. The second-order valence-corrected chi connectivity index (χ2v) is 3.51. The second kappa shape index (κ2) is 3.67. The summed E-state index contributed by atoms with van der Waals surface area (Å²) in [4.78, 5) is 4.30. The molecule has 4 nitrogen and oxygen atoms in total. The molecule has 0 radical (unpaired) electrons. The van der Waals surface area contributed by atoms with Gasteiger partial charge in [-0.1, -0.05) is 0 Å². The molecule has 0 fully saturated rings. The van der Waals surface area contributed by atoms with E-state index in [4.69, 9.17) is 9.47 Å². The van der Waals surface area contributed by atoms with Crippen LogP contribution in [0.4, 0.5) is 0 Å². The van der Waals surface area contributed by atoms with E-state index in [2.05, 4.69) is 25.5 Å². The van der Waals surface area contributed by atoms with Crippen molar-refractivity contribution in [3.8, 4) is 5.88 Å². The largest absolute Gasteiger partial charge is 0.477 e. The number of fused-ring (bicyclic) bond motifs is 1. The highest BCUT2D eigenvalue weighted by molar-refractivity contribution is 9.10. The molecule has 0 aliphatic carbocycles. The third-order valence-electron chi connectivity index (χ3n) is 1.93. The maximum atomic E-state index is 5.47. The first-order valence-corrected chi connectivity index (χ1v) is 5.07. The van der Waals surface area contributed by atoms with E-state index in [1.807, 2.05) is 6.92 Å². The molecule has 0 saturated heterocycles. The van der Waals surface area contributed by atoms with Crippen molar-refractivity contribution in [2.24, 2.45) is 0 Å². The predicted molar refractivity (Wildman–Crippen MR) is 50.8 cm³/mol. The van der Waals surface area contributed by atoms with Gasteiger partial charge in [-0.2, -0.15) is 0 Å². The van der Waals surface area contributed by atoms with Crippen molar-refractivity contribution in [3.63, 3.8) is 0 Å². The molecule has 1 aromatic heterocycles. The van der Waals surface area contributed by atoms with Gasteiger partial charge in [-0.3, -0.25) is 4.57 Å². The molecule has 1 aliphatic rings. The van der Waals surface area contributed by atoms with Crippen LogP contribution in [0, 0.1) is 0 Å². The summed E-state index contributed by atoms with van der Waals surface area (Å²) in [7, 11) is 0. The predicted octanol–water partition coefficient (Wildman–Crippen LogP) is 1.57. The number of aromatic nitrogens is 2.